The van der Waals surface area contributed by atoms with Crippen LogP contribution in [0.2, 0.25) is 0 Å². The molecular weight excluding hydrogens is 416 g/mol. The maximum atomic E-state index is 13.1. The van der Waals surface area contributed by atoms with Gasteiger partial charge >= 0.3 is 0 Å². The number of methoxy groups -OCH3 is 3. The molecule has 2 amide bonds. The summed E-state index contributed by atoms with van der Waals surface area (Å²) in [7, 11) is 4.57. The maximum Gasteiger partial charge on any atom is 0.245 e. The lowest BCUT2D eigenvalue weighted by molar-refractivity contribution is -0.157. The Kier molecular flexibility index (Phi) is 6.25. The summed E-state index contributed by atoms with van der Waals surface area (Å²) in [6.07, 6.45) is 0.957. The average Bonchev–Trinajstić information content (AvgIpc) is 3.47. The summed E-state index contributed by atoms with van der Waals surface area (Å²) in [6, 6.07) is 8.93. The number of hydrogen-bond donors (Lipinski definition) is 0. The van der Waals surface area contributed by atoms with Crippen molar-refractivity contribution in [2.24, 2.45) is 0 Å². The van der Waals surface area contributed by atoms with E-state index < -0.39 is 0 Å². The number of carbonyl (C=O) groups excluding carboxylic acids is 2. The second-order valence-corrected chi connectivity index (χ2v) is 7.42. The first-order chi connectivity index (χ1) is 15.5. The molecule has 0 aromatic heterocycles. The highest BCUT2D eigenvalue weighted by atomic mass is 16.7. The molecule has 2 aromatic rings. The minimum absolute atomic E-state index is 0.0668. The highest BCUT2D eigenvalue weighted by Gasteiger charge is 2.31. The molecule has 170 valence electrons. The SMILES string of the molecule is COc1ccc(CC(=O)N2CCCN2C(=O)Cc2ccc3c(c2)OCO3)c(OC)c1OC. The average molecular weight is 442 g/mol. The number of rotatable bonds is 7. The van der Waals surface area contributed by atoms with Crippen LogP contribution in [0.1, 0.15) is 17.5 Å². The molecule has 0 bridgehead atoms. The van der Waals surface area contributed by atoms with Gasteiger partial charge in [-0.2, -0.15) is 0 Å². The molecule has 9 heteroatoms. The predicted octanol–water partition coefficient (Wildman–Crippen LogP) is 2.20. The van der Waals surface area contributed by atoms with Gasteiger partial charge in [-0.1, -0.05) is 12.1 Å². The first kappa shape index (κ1) is 21.6. The largest absolute Gasteiger partial charge is 0.493 e. The molecule has 0 unspecified atom stereocenters. The summed E-state index contributed by atoms with van der Waals surface area (Å²) in [6.45, 7) is 1.17. The Bertz CT molecular complexity index is 1020. The number of fused-ring (bicyclic) bond motifs is 1. The van der Waals surface area contributed by atoms with Crippen molar-refractivity contribution in [1.82, 2.24) is 10.0 Å². The highest BCUT2D eigenvalue weighted by molar-refractivity contribution is 5.85. The molecule has 2 heterocycles. The van der Waals surface area contributed by atoms with Crippen LogP contribution in [-0.4, -0.2) is 63.0 Å². The van der Waals surface area contributed by atoms with Crippen molar-refractivity contribution < 1.29 is 33.3 Å². The Morgan fingerprint density at radius 3 is 2.22 bits per heavy atom. The van der Waals surface area contributed by atoms with Crippen molar-refractivity contribution in [2.45, 2.75) is 19.3 Å². The minimum Gasteiger partial charge on any atom is -0.493 e. The number of nitrogens with zero attached hydrogens (tertiary/aromatic N) is 2. The molecule has 1 saturated heterocycles. The lowest BCUT2D eigenvalue weighted by atomic mass is 10.1. The predicted molar refractivity (Wildman–Crippen MR) is 114 cm³/mol. The quantitative estimate of drug-likeness (QED) is 0.650. The van der Waals surface area contributed by atoms with Gasteiger partial charge < -0.3 is 23.7 Å². The van der Waals surface area contributed by atoms with Gasteiger partial charge in [-0.05, 0) is 30.2 Å². The lowest BCUT2D eigenvalue weighted by Crippen LogP contribution is -2.46. The lowest BCUT2D eigenvalue weighted by Gasteiger charge is -2.28. The van der Waals surface area contributed by atoms with Gasteiger partial charge in [0.1, 0.15) is 0 Å². The van der Waals surface area contributed by atoms with E-state index in [4.69, 9.17) is 23.7 Å². The van der Waals surface area contributed by atoms with Crippen molar-refractivity contribution in [1.29, 1.82) is 0 Å². The Labute approximate surface area is 186 Å². The molecular formula is C23H26N2O7. The van der Waals surface area contributed by atoms with E-state index in [1.165, 1.54) is 31.3 Å². The van der Waals surface area contributed by atoms with Gasteiger partial charge in [-0.15, -0.1) is 0 Å². The Balaban J connectivity index is 1.47. The molecule has 0 N–H and O–H groups in total. The van der Waals surface area contributed by atoms with Gasteiger partial charge in [0.15, 0.2) is 23.0 Å². The zero-order valence-electron chi connectivity index (χ0n) is 18.4. The van der Waals surface area contributed by atoms with Crippen molar-refractivity contribution in [3.8, 4) is 28.7 Å². The summed E-state index contributed by atoms with van der Waals surface area (Å²) in [4.78, 5) is 26.1. The molecule has 9 nitrogen and oxygen atoms in total. The van der Waals surface area contributed by atoms with Gasteiger partial charge in [0.05, 0.1) is 34.2 Å². The van der Waals surface area contributed by atoms with E-state index in [0.717, 1.165) is 12.0 Å². The fraction of sp³-hybridized carbons (Fsp3) is 0.391. The number of ether oxygens (including phenoxy) is 5. The van der Waals surface area contributed by atoms with Crippen LogP contribution >= 0.6 is 0 Å². The van der Waals surface area contributed by atoms with Crippen molar-refractivity contribution >= 4 is 11.8 Å². The molecule has 4 rings (SSSR count). The number of hydrazine groups is 1. The minimum atomic E-state index is -0.188. The van der Waals surface area contributed by atoms with E-state index >= 15 is 0 Å². The number of carbonyl (C=O) groups is 2. The molecule has 0 saturated carbocycles. The third kappa shape index (κ3) is 4.10. The van der Waals surface area contributed by atoms with Crippen LogP contribution in [0, 0.1) is 0 Å². The van der Waals surface area contributed by atoms with E-state index in [2.05, 4.69) is 0 Å². The fourth-order valence-electron chi connectivity index (χ4n) is 4.00. The smallest absolute Gasteiger partial charge is 0.245 e. The second kappa shape index (κ2) is 9.25. The highest BCUT2D eigenvalue weighted by Crippen LogP contribution is 2.40. The molecule has 0 atom stereocenters. The van der Waals surface area contributed by atoms with Crippen LogP contribution in [-0.2, 0) is 22.4 Å². The van der Waals surface area contributed by atoms with Crippen molar-refractivity contribution in [2.75, 3.05) is 41.2 Å². The fourth-order valence-corrected chi connectivity index (χ4v) is 4.00. The number of amides is 2. The van der Waals surface area contributed by atoms with E-state index in [1.807, 2.05) is 6.07 Å². The van der Waals surface area contributed by atoms with E-state index in [0.29, 0.717) is 47.4 Å². The molecule has 0 spiro atoms. The van der Waals surface area contributed by atoms with Crippen LogP contribution in [0.3, 0.4) is 0 Å². The molecule has 32 heavy (non-hydrogen) atoms. The van der Waals surface area contributed by atoms with Crippen LogP contribution in [0.4, 0.5) is 0 Å². The second-order valence-electron chi connectivity index (χ2n) is 7.42. The van der Waals surface area contributed by atoms with Gasteiger partial charge in [0, 0.05) is 18.7 Å². The molecule has 2 aliphatic heterocycles. The standard InChI is InChI=1S/C23H26N2O7/c1-28-18-8-6-16(22(29-2)23(18)30-3)13-21(27)25-10-4-9-24(25)20(26)12-15-5-7-17-19(11-15)32-14-31-17/h5-8,11H,4,9-10,12-14H2,1-3H3. The molecule has 2 aromatic carbocycles. The van der Waals surface area contributed by atoms with Crippen LogP contribution in [0.25, 0.3) is 0 Å². The van der Waals surface area contributed by atoms with Gasteiger partial charge in [-0.3, -0.25) is 19.6 Å². The van der Waals surface area contributed by atoms with Crippen LogP contribution in [0.5, 0.6) is 28.7 Å². The topological polar surface area (TPSA) is 86.8 Å². The van der Waals surface area contributed by atoms with Crippen molar-refractivity contribution in [3.05, 3.63) is 41.5 Å². The molecule has 0 aliphatic carbocycles. The van der Waals surface area contributed by atoms with Crippen LogP contribution in [0.15, 0.2) is 30.3 Å². The van der Waals surface area contributed by atoms with E-state index in [9.17, 15) is 9.59 Å². The van der Waals surface area contributed by atoms with E-state index in [-0.39, 0.29) is 31.4 Å². The van der Waals surface area contributed by atoms with E-state index in [1.54, 1.807) is 24.3 Å². The normalized spacial score (nSPS) is 14.5. The number of benzene rings is 2. The van der Waals surface area contributed by atoms with Gasteiger partial charge in [-0.25, -0.2) is 0 Å². The Morgan fingerprint density at radius 1 is 0.844 bits per heavy atom. The molecule has 0 radical (unpaired) electrons. The summed E-state index contributed by atoms with van der Waals surface area (Å²) >= 11 is 0. The zero-order valence-corrected chi connectivity index (χ0v) is 18.4. The first-order valence-electron chi connectivity index (χ1n) is 10.3. The maximum absolute atomic E-state index is 13.1. The summed E-state index contributed by atoms with van der Waals surface area (Å²) in [5.41, 5.74) is 1.46. The Hall–Kier alpha value is -3.62. The van der Waals surface area contributed by atoms with Gasteiger partial charge in [0.2, 0.25) is 24.4 Å². The number of hydrogen-bond acceptors (Lipinski definition) is 7. The summed E-state index contributed by atoms with van der Waals surface area (Å²) in [5.74, 6) is 2.35. The summed E-state index contributed by atoms with van der Waals surface area (Å²) < 4.78 is 26.9. The molecule has 2 aliphatic rings. The zero-order chi connectivity index (χ0) is 22.7. The third-order valence-electron chi connectivity index (χ3n) is 5.53. The van der Waals surface area contributed by atoms with Crippen LogP contribution < -0.4 is 23.7 Å². The van der Waals surface area contributed by atoms with Crippen molar-refractivity contribution in [3.63, 3.8) is 0 Å². The first-order valence-corrected chi connectivity index (χ1v) is 10.3. The molecule has 1 fully saturated rings. The Morgan fingerprint density at radius 2 is 1.53 bits per heavy atom. The third-order valence-corrected chi connectivity index (χ3v) is 5.53. The van der Waals surface area contributed by atoms with Gasteiger partial charge in [0.25, 0.3) is 0 Å². The monoisotopic (exact) mass is 442 g/mol. The summed E-state index contributed by atoms with van der Waals surface area (Å²) in [5, 5.41) is 3.05.